The molecule has 1 saturated carbocycles. The van der Waals surface area contributed by atoms with Crippen molar-refractivity contribution in [2.75, 3.05) is 6.61 Å². The van der Waals surface area contributed by atoms with Crippen LogP contribution in [0.4, 0.5) is 0 Å². The van der Waals surface area contributed by atoms with Crippen LogP contribution in [0.5, 0.6) is 5.75 Å². The van der Waals surface area contributed by atoms with Gasteiger partial charge in [-0.15, -0.1) is 0 Å². The van der Waals surface area contributed by atoms with Crippen LogP contribution >= 0.6 is 0 Å². The summed E-state index contributed by atoms with van der Waals surface area (Å²) in [5.74, 6) is 8.06. The number of hydrogen-bond acceptors (Lipinski definition) is 2. The largest absolute Gasteiger partial charge is 0.489 e. The second-order valence-electron chi connectivity index (χ2n) is 5.97. The van der Waals surface area contributed by atoms with Crippen molar-refractivity contribution in [1.82, 2.24) is 0 Å². The Kier molecular flexibility index (Phi) is 5.09. The maximum atomic E-state index is 8.86. The molecule has 0 bridgehead atoms. The van der Waals surface area contributed by atoms with E-state index < -0.39 is 0 Å². The number of aliphatic hydroxyl groups excluding tert-OH is 1. The van der Waals surface area contributed by atoms with Crippen LogP contribution in [0.1, 0.15) is 44.2 Å². The summed E-state index contributed by atoms with van der Waals surface area (Å²) in [5, 5.41) is 8.86. The normalized spacial score (nSPS) is 25.7. The molecule has 1 aliphatic carbocycles. The SMILES string of the molecule is Cc1ccc(OC2CCC(C)C(C)C2)c(C#CCO)c1. The molecule has 0 aliphatic heterocycles. The molecule has 0 spiro atoms. The summed E-state index contributed by atoms with van der Waals surface area (Å²) in [4.78, 5) is 0. The Morgan fingerprint density at radius 1 is 1.25 bits per heavy atom. The van der Waals surface area contributed by atoms with Gasteiger partial charge in [0, 0.05) is 0 Å². The lowest BCUT2D eigenvalue weighted by Gasteiger charge is -2.32. The number of aryl methyl sites for hydroxylation is 1. The van der Waals surface area contributed by atoms with Crippen LogP contribution in [-0.2, 0) is 0 Å². The van der Waals surface area contributed by atoms with Gasteiger partial charge in [0.1, 0.15) is 12.4 Å². The molecule has 2 nitrogen and oxygen atoms in total. The average molecular weight is 272 g/mol. The fourth-order valence-corrected chi connectivity index (χ4v) is 2.76. The van der Waals surface area contributed by atoms with Gasteiger partial charge in [0.2, 0.25) is 0 Å². The molecule has 0 saturated heterocycles. The monoisotopic (exact) mass is 272 g/mol. The van der Waals surface area contributed by atoms with Gasteiger partial charge in [0.05, 0.1) is 11.7 Å². The van der Waals surface area contributed by atoms with Crippen molar-refractivity contribution in [3.63, 3.8) is 0 Å². The molecule has 0 heterocycles. The van der Waals surface area contributed by atoms with Gasteiger partial charge in [-0.2, -0.15) is 0 Å². The molecule has 0 amide bonds. The zero-order valence-electron chi connectivity index (χ0n) is 12.6. The highest BCUT2D eigenvalue weighted by Gasteiger charge is 2.26. The van der Waals surface area contributed by atoms with Crippen molar-refractivity contribution in [3.8, 4) is 17.6 Å². The van der Waals surface area contributed by atoms with Crippen molar-refractivity contribution in [3.05, 3.63) is 29.3 Å². The van der Waals surface area contributed by atoms with Gasteiger partial charge in [-0.05, 0) is 55.7 Å². The molecule has 1 aromatic carbocycles. The topological polar surface area (TPSA) is 29.5 Å². The molecule has 1 aliphatic rings. The van der Waals surface area contributed by atoms with Crippen LogP contribution in [-0.4, -0.2) is 17.8 Å². The Morgan fingerprint density at radius 3 is 2.75 bits per heavy atom. The maximum absolute atomic E-state index is 8.86. The molecule has 0 radical (unpaired) electrons. The number of ether oxygens (including phenoxy) is 1. The Bertz CT molecular complexity index is 510. The third-order valence-corrected chi connectivity index (χ3v) is 4.28. The van der Waals surface area contributed by atoms with Crippen molar-refractivity contribution >= 4 is 0 Å². The molecule has 1 N–H and O–H groups in total. The summed E-state index contributed by atoms with van der Waals surface area (Å²) < 4.78 is 6.17. The quantitative estimate of drug-likeness (QED) is 0.834. The smallest absolute Gasteiger partial charge is 0.135 e. The predicted octanol–water partition coefficient (Wildman–Crippen LogP) is 3.54. The highest BCUT2D eigenvalue weighted by Crippen LogP contribution is 2.32. The number of hydrogen-bond donors (Lipinski definition) is 1. The van der Waals surface area contributed by atoms with E-state index in [0.29, 0.717) is 12.0 Å². The summed E-state index contributed by atoms with van der Waals surface area (Å²) in [5.41, 5.74) is 2.04. The standard InChI is InChI=1S/C18H24O2/c1-13-6-9-18(16(11-13)5-4-10-19)20-17-8-7-14(2)15(3)12-17/h6,9,11,14-15,17,19H,7-8,10,12H2,1-3H3. The van der Waals surface area contributed by atoms with Gasteiger partial charge in [-0.25, -0.2) is 0 Å². The first-order chi connectivity index (χ1) is 9.60. The Labute approximate surface area is 122 Å². The minimum atomic E-state index is -0.120. The summed E-state index contributed by atoms with van der Waals surface area (Å²) in [7, 11) is 0. The molecule has 3 atom stereocenters. The highest BCUT2D eigenvalue weighted by molar-refractivity contribution is 5.48. The lowest BCUT2D eigenvalue weighted by molar-refractivity contribution is 0.100. The zero-order valence-corrected chi connectivity index (χ0v) is 12.6. The molecule has 1 fully saturated rings. The highest BCUT2D eigenvalue weighted by atomic mass is 16.5. The summed E-state index contributed by atoms with van der Waals surface area (Å²) >= 11 is 0. The first kappa shape index (κ1) is 14.9. The van der Waals surface area contributed by atoms with E-state index in [-0.39, 0.29) is 6.61 Å². The Hall–Kier alpha value is -1.46. The van der Waals surface area contributed by atoms with Gasteiger partial charge in [0.15, 0.2) is 0 Å². The predicted molar refractivity (Wildman–Crippen MR) is 81.7 cm³/mol. The second kappa shape index (κ2) is 6.81. The minimum absolute atomic E-state index is 0.120. The molecular weight excluding hydrogens is 248 g/mol. The van der Waals surface area contributed by atoms with E-state index in [9.17, 15) is 0 Å². The third-order valence-electron chi connectivity index (χ3n) is 4.28. The molecule has 1 aromatic rings. The number of rotatable bonds is 2. The van der Waals surface area contributed by atoms with Crippen LogP contribution in [0.15, 0.2) is 18.2 Å². The van der Waals surface area contributed by atoms with Crippen LogP contribution in [0.3, 0.4) is 0 Å². The molecule has 108 valence electrons. The summed E-state index contributed by atoms with van der Waals surface area (Å²) in [6, 6.07) is 6.07. The van der Waals surface area contributed by atoms with E-state index >= 15 is 0 Å². The van der Waals surface area contributed by atoms with Gasteiger partial charge in [0.25, 0.3) is 0 Å². The molecule has 0 aromatic heterocycles. The average Bonchev–Trinajstić information content (AvgIpc) is 2.43. The van der Waals surface area contributed by atoms with Crippen molar-refractivity contribution in [2.24, 2.45) is 11.8 Å². The number of benzene rings is 1. The van der Waals surface area contributed by atoms with Gasteiger partial charge in [-0.3, -0.25) is 0 Å². The van der Waals surface area contributed by atoms with Crippen LogP contribution < -0.4 is 4.74 Å². The van der Waals surface area contributed by atoms with Crippen molar-refractivity contribution < 1.29 is 9.84 Å². The summed E-state index contributed by atoms with van der Waals surface area (Å²) in [6.45, 7) is 6.55. The lowest BCUT2D eigenvalue weighted by Crippen LogP contribution is -2.29. The van der Waals surface area contributed by atoms with E-state index in [1.165, 1.54) is 6.42 Å². The molecule has 2 rings (SSSR count). The molecular formula is C18H24O2. The zero-order chi connectivity index (χ0) is 14.5. The number of aliphatic hydroxyl groups is 1. The second-order valence-corrected chi connectivity index (χ2v) is 5.97. The van der Waals surface area contributed by atoms with E-state index in [2.05, 4.69) is 25.7 Å². The van der Waals surface area contributed by atoms with Crippen LogP contribution in [0, 0.1) is 30.6 Å². The van der Waals surface area contributed by atoms with Gasteiger partial charge in [-0.1, -0.05) is 31.8 Å². The third kappa shape index (κ3) is 3.77. The molecule has 20 heavy (non-hydrogen) atoms. The van der Waals surface area contributed by atoms with E-state index in [4.69, 9.17) is 9.84 Å². The van der Waals surface area contributed by atoms with E-state index in [0.717, 1.165) is 35.6 Å². The Balaban J connectivity index is 2.12. The molecule has 3 unspecified atom stereocenters. The first-order valence-electron chi connectivity index (χ1n) is 7.47. The minimum Gasteiger partial charge on any atom is -0.489 e. The maximum Gasteiger partial charge on any atom is 0.135 e. The van der Waals surface area contributed by atoms with Gasteiger partial charge < -0.3 is 9.84 Å². The van der Waals surface area contributed by atoms with Crippen molar-refractivity contribution in [1.29, 1.82) is 0 Å². The fraction of sp³-hybridized carbons (Fsp3) is 0.556. The van der Waals surface area contributed by atoms with Crippen LogP contribution in [0.2, 0.25) is 0 Å². The summed E-state index contributed by atoms with van der Waals surface area (Å²) in [6.07, 6.45) is 3.75. The fourth-order valence-electron chi connectivity index (χ4n) is 2.76. The first-order valence-corrected chi connectivity index (χ1v) is 7.47. The van der Waals surface area contributed by atoms with E-state index in [1.807, 2.05) is 25.1 Å². The van der Waals surface area contributed by atoms with Crippen molar-refractivity contribution in [2.45, 2.75) is 46.1 Å². The van der Waals surface area contributed by atoms with E-state index in [1.54, 1.807) is 0 Å². The Morgan fingerprint density at radius 2 is 2.05 bits per heavy atom. The van der Waals surface area contributed by atoms with Crippen LogP contribution in [0.25, 0.3) is 0 Å². The lowest BCUT2D eigenvalue weighted by atomic mass is 9.80. The molecule has 2 heteroatoms. The van der Waals surface area contributed by atoms with Gasteiger partial charge >= 0.3 is 0 Å².